The molecule has 1 atom stereocenters. The Labute approximate surface area is 72.2 Å². The van der Waals surface area contributed by atoms with Crippen LogP contribution in [0.5, 0.6) is 0 Å². The van der Waals surface area contributed by atoms with Gasteiger partial charge in [-0.25, -0.2) is 0 Å². The van der Waals surface area contributed by atoms with Crippen LogP contribution in [0.1, 0.15) is 6.92 Å². The van der Waals surface area contributed by atoms with Crippen LogP contribution in [-0.2, 0) is 18.3 Å². The molecule has 0 saturated heterocycles. The molecule has 12 heavy (non-hydrogen) atoms. The molecule has 0 aromatic carbocycles. The SMILES string of the molecule is CCOP(=O)(COCCO)OC. The third-order valence-electron chi connectivity index (χ3n) is 1.09. The Morgan fingerprint density at radius 2 is 2.17 bits per heavy atom. The summed E-state index contributed by atoms with van der Waals surface area (Å²) in [6.07, 6.45) is -0.113. The van der Waals surface area contributed by atoms with Crippen molar-refractivity contribution in [3.05, 3.63) is 0 Å². The summed E-state index contributed by atoms with van der Waals surface area (Å²) in [6, 6.07) is 0. The normalized spacial score (nSPS) is 15.9. The molecule has 0 bridgehead atoms. The summed E-state index contributed by atoms with van der Waals surface area (Å²) in [5.74, 6) is 0. The maximum absolute atomic E-state index is 11.4. The van der Waals surface area contributed by atoms with Crippen LogP contribution in [-0.4, -0.2) is 38.4 Å². The maximum atomic E-state index is 11.4. The molecule has 0 aromatic rings. The second kappa shape index (κ2) is 6.57. The molecule has 0 amide bonds. The van der Waals surface area contributed by atoms with Gasteiger partial charge in [0.2, 0.25) is 0 Å². The summed E-state index contributed by atoms with van der Waals surface area (Å²) >= 11 is 0. The first-order valence-corrected chi connectivity index (χ1v) is 5.39. The number of rotatable bonds is 7. The molecular weight excluding hydrogens is 183 g/mol. The van der Waals surface area contributed by atoms with E-state index in [1.54, 1.807) is 6.92 Å². The molecule has 0 aliphatic heterocycles. The summed E-state index contributed by atoms with van der Waals surface area (Å²) in [5.41, 5.74) is 0. The Balaban J connectivity index is 3.72. The average Bonchev–Trinajstić information content (AvgIpc) is 2.06. The highest BCUT2D eigenvalue weighted by atomic mass is 31.2. The highest BCUT2D eigenvalue weighted by Gasteiger charge is 2.21. The summed E-state index contributed by atoms with van der Waals surface area (Å²) in [4.78, 5) is 0. The fourth-order valence-electron chi connectivity index (χ4n) is 0.580. The van der Waals surface area contributed by atoms with Crippen LogP contribution in [0.25, 0.3) is 0 Å². The number of aliphatic hydroxyl groups is 1. The molecule has 0 radical (unpaired) electrons. The average molecular weight is 198 g/mol. The lowest BCUT2D eigenvalue weighted by Gasteiger charge is -2.14. The van der Waals surface area contributed by atoms with Gasteiger partial charge in [0.05, 0.1) is 19.8 Å². The molecule has 0 rings (SSSR count). The Morgan fingerprint density at radius 3 is 2.58 bits per heavy atom. The number of ether oxygens (including phenoxy) is 1. The minimum absolute atomic E-state index is 0.101. The molecular formula is C6H15O5P. The topological polar surface area (TPSA) is 65.0 Å². The molecule has 0 spiro atoms. The molecule has 0 heterocycles. The standard InChI is InChI=1S/C6H15O5P/c1-3-11-12(8,9-2)6-10-5-4-7/h7H,3-6H2,1-2H3. The van der Waals surface area contributed by atoms with Crippen molar-refractivity contribution in [3.63, 3.8) is 0 Å². The van der Waals surface area contributed by atoms with E-state index in [1.807, 2.05) is 0 Å². The van der Waals surface area contributed by atoms with Gasteiger partial charge in [0.1, 0.15) is 6.35 Å². The van der Waals surface area contributed by atoms with Gasteiger partial charge in [0.25, 0.3) is 0 Å². The zero-order valence-electron chi connectivity index (χ0n) is 7.36. The third-order valence-corrected chi connectivity index (χ3v) is 2.80. The van der Waals surface area contributed by atoms with Crippen LogP contribution < -0.4 is 0 Å². The third kappa shape index (κ3) is 4.85. The van der Waals surface area contributed by atoms with Gasteiger partial charge in [-0.2, -0.15) is 0 Å². The predicted molar refractivity (Wildman–Crippen MR) is 44.1 cm³/mol. The largest absolute Gasteiger partial charge is 0.394 e. The van der Waals surface area contributed by atoms with Gasteiger partial charge in [0.15, 0.2) is 0 Å². The van der Waals surface area contributed by atoms with Crippen molar-refractivity contribution in [2.45, 2.75) is 6.92 Å². The maximum Gasteiger partial charge on any atom is 0.355 e. The monoisotopic (exact) mass is 198 g/mol. The van der Waals surface area contributed by atoms with E-state index in [4.69, 9.17) is 14.4 Å². The molecule has 0 fully saturated rings. The molecule has 0 aromatic heterocycles. The lowest BCUT2D eigenvalue weighted by atomic mass is 10.8. The summed E-state index contributed by atoms with van der Waals surface area (Å²) < 4.78 is 25.7. The van der Waals surface area contributed by atoms with Gasteiger partial charge in [-0.1, -0.05) is 0 Å². The van der Waals surface area contributed by atoms with Gasteiger partial charge in [0, 0.05) is 7.11 Å². The molecule has 1 unspecified atom stereocenters. The lowest BCUT2D eigenvalue weighted by molar-refractivity contribution is 0.103. The molecule has 6 heteroatoms. The van der Waals surface area contributed by atoms with Crippen LogP contribution >= 0.6 is 7.60 Å². The highest BCUT2D eigenvalue weighted by molar-refractivity contribution is 7.53. The number of hydrogen-bond acceptors (Lipinski definition) is 5. The Morgan fingerprint density at radius 1 is 1.50 bits per heavy atom. The lowest BCUT2D eigenvalue weighted by Crippen LogP contribution is -2.04. The van der Waals surface area contributed by atoms with Gasteiger partial charge in [-0.15, -0.1) is 0 Å². The van der Waals surface area contributed by atoms with Gasteiger partial charge in [-0.05, 0) is 6.92 Å². The molecule has 74 valence electrons. The first-order valence-electron chi connectivity index (χ1n) is 3.66. The van der Waals surface area contributed by atoms with Gasteiger partial charge in [-0.3, -0.25) is 4.57 Å². The zero-order chi connectivity index (χ0) is 9.45. The van der Waals surface area contributed by atoms with Crippen LogP contribution in [0, 0.1) is 0 Å². The second-order valence-electron chi connectivity index (χ2n) is 1.97. The number of hydrogen-bond donors (Lipinski definition) is 1. The summed E-state index contributed by atoms with van der Waals surface area (Å²) in [7, 11) is -1.76. The van der Waals surface area contributed by atoms with Crippen molar-refractivity contribution in [3.8, 4) is 0 Å². The van der Waals surface area contributed by atoms with E-state index >= 15 is 0 Å². The Kier molecular flexibility index (Phi) is 6.61. The first-order chi connectivity index (χ1) is 5.68. The minimum atomic E-state index is -3.06. The quantitative estimate of drug-likeness (QED) is 0.484. The van der Waals surface area contributed by atoms with Gasteiger partial charge >= 0.3 is 7.60 Å². The van der Waals surface area contributed by atoms with Crippen molar-refractivity contribution < 1.29 is 23.5 Å². The van der Waals surface area contributed by atoms with Gasteiger partial charge < -0.3 is 18.9 Å². The molecule has 5 nitrogen and oxygen atoms in total. The fourth-order valence-corrected chi connectivity index (χ4v) is 1.61. The second-order valence-corrected chi connectivity index (χ2v) is 4.08. The Bertz CT molecular complexity index is 149. The van der Waals surface area contributed by atoms with Crippen LogP contribution in [0.4, 0.5) is 0 Å². The smallest absolute Gasteiger partial charge is 0.355 e. The van der Waals surface area contributed by atoms with E-state index in [0.717, 1.165) is 0 Å². The zero-order valence-corrected chi connectivity index (χ0v) is 8.25. The highest BCUT2D eigenvalue weighted by Crippen LogP contribution is 2.46. The van der Waals surface area contributed by atoms with E-state index in [1.165, 1.54) is 7.11 Å². The first kappa shape index (κ1) is 12.1. The van der Waals surface area contributed by atoms with Crippen molar-refractivity contribution >= 4 is 7.60 Å². The van der Waals surface area contributed by atoms with Crippen molar-refractivity contribution in [1.29, 1.82) is 0 Å². The summed E-state index contributed by atoms with van der Waals surface area (Å²) in [6.45, 7) is 2.07. The van der Waals surface area contributed by atoms with Crippen molar-refractivity contribution in [2.24, 2.45) is 0 Å². The molecule has 0 aliphatic rings. The van der Waals surface area contributed by atoms with E-state index in [2.05, 4.69) is 4.52 Å². The fraction of sp³-hybridized carbons (Fsp3) is 1.00. The molecule has 0 saturated carbocycles. The molecule has 0 aliphatic carbocycles. The van der Waals surface area contributed by atoms with E-state index < -0.39 is 7.60 Å². The van der Waals surface area contributed by atoms with Crippen molar-refractivity contribution in [2.75, 3.05) is 33.3 Å². The number of aliphatic hydroxyl groups excluding tert-OH is 1. The van der Waals surface area contributed by atoms with E-state index in [9.17, 15) is 4.57 Å². The van der Waals surface area contributed by atoms with Crippen LogP contribution in [0.15, 0.2) is 0 Å². The predicted octanol–water partition coefficient (Wildman–Crippen LogP) is 0.829. The van der Waals surface area contributed by atoms with Crippen molar-refractivity contribution in [1.82, 2.24) is 0 Å². The minimum Gasteiger partial charge on any atom is -0.394 e. The van der Waals surface area contributed by atoms with E-state index in [0.29, 0.717) is 6.61 Å². The molecule has 1 N–H and O–H groups in total. The van der Waals surface area contributed by atoms with Crippen LogP contribution in [0.3, 0.4) is 0 Å². The van der Waals surface area contributed by atoms with E-state index in [-0.39, 0.29) is 19.6 Å². The Hall–Kier alpha value is 0.0700. The van der Waals surface area contributed by atoms with Crippen LogP contribution in [0.2, 0.25) is 0 Å². The summed E-state index contributed by atoms with van der Waals surface area (Å²) in [5, 5.41) is 8.37.